The molecule has 1 aliphatic rings. The molecule has 0 bridgehead atoms. The Hall–Kier alpha value is -1.18. The van der Waals surface area contributed by atoms with Crippen molar-refractivity contribution in [2.45, 2.75) is 13.0 Å². The van der Waals surface area contributed by atoms with E-state index in [0.29, 0.717) is 23.8 Å². The quantitative estimate of drug-likeness (QED) is 0.834. The van der Waals surface area contributed by atoms with Crippen LogP contribution in [0.2, 0.25) is 0 Å². The summed E-state index contributed by atoms with van der Waals surface area (Å²) in [4.78, 5) is 18.6. The van der Waals surface area contributed by atoms with E-state index in [1.54, 1.807) is 23.1 Å². The van der Waals surface area contributed by atoms with Gasteiger partial charge in [-0.2, -0.15) is 5.10 Å². The number of halogens is 2. The fourth-order valence-electron chi connectivity index (χ4n) is 2.29. The highest BCUT2D eigenvalue weighted by Gasteiger charge is 2.24. The molecule has 1 aliphatic heterocycles. The molecule has 1 atom stereocenters. The van der Waals surface area contributed by atoms with Crippen LogP contribution >= 0.6 is 28.3 Å². The van der Waals surface area contributed by atoms with Crippen LogP contribution in [0.3, 0.4) is 0 Å². The van der Waals surface area contributed by atoms with Gasteiger partial charge in [0.05, 0.1) is 10.7 Å². The van der Waals surface area contributed by atoms with Gasteiger partial charge in [0.1, 0.15) is 5.56 Å². The van der Waals surface area contributed by atoms with Crippen LogP contribution in [0.15, 0.2) is 23.1 Å². The topological polar surface area (TPSA) is 62.5 Å². The van der Waals surface area contributed by atoms with Crippen LogP contribution in [0.25, 0.3) is 5.65 Å². The van der Waals surface area contributed by atoms with Crippen LogP contribution in [-0.4, -0.2) is 51.1 Å². The molecule has 0 unspecified atom stereocenters. The Morgan fingerprint density at radius 1 is 1.50 bits per heavy atom. The number of hydrogen-bond donors (Lipinski definition) is 1. The lowest BCUT2D eigenvalue weighted by Gasteiger charge is -2.31. The lowest BCUT2D eigenvalue weighted by atomic mass is 10.2. The predicted molar refractivity (Wildman–Crippen MR) is 81.3 cm³/mol. The average molecular weight is 361 g/mol. The Morgan fingerprint density at radius 3 is 3.05 bits per heavy atom. The van der Waals surface area contributed by atoms with Gasteiger partial charge in [0, 0.05) is 38.1 Å². The van der Waals surface area contributed by atoms with Crippen LogP contribution < -0.4 is 5.32 Å². The number of carbonyl (C=O) groups excluding carboxylic acids is 1. The molecule has 0 aliphatic carbocycles. The van der Waals surface area contributed by atoms with E-state index in [-0.39, 0.29) is 18.3 Å². The van der Waals surface area contributed by atoms with Gasteiger partial charge in [0.2, 0.25) is 0 Å². The van der Waals surface area contributed by atoms with Gasteiger partial charge >= 0.3 is 0 Å². The van der Waals surface area contributed by atoms with Crippen LogP contribution in [0.5, 0.6) is 0 Å². The maximum atomic E-state index is 12.5. The Labute approximate surface area is 131 Å². The first-order chi connectivity index (χ1) is 9.15. The molecule has 6 nitrogen and oxygen atoms in total. The largest absolute Gasteiger partial charge is 0.336 e. The SMILES string of the molecule is C[C@@H]1CN(C(=O)c2cnn3cc(Br)cnc23)CCN1.Cl. The average Bonchev–Trinajstić information content (AvgIpc) is 2.80. The van der Waals surface area contributed by atoms with Crippen molar-refractivity contribution >= 4 is 39.9 Å². The van der Waals surface area contributed by atoms with E-state index in [2.05, 4.69) is 38.3 Å². The van der Waals surface area contributed by atoms with E-state index in [1.165, 1.54) is 0 Å². The first-order valence-corrected chi connectivity index (χ1v) is 6.96. The molecule has 0 radical (unpaired) electrons. The fourth-order valence-corrected chi connectivity index (χ4v) is 2.59. The zero-order valence-corrected chi connectivity index (χ0v) is 13.3. The monoisotopic (exact) mass is 359 g/mol. The number of piperazine rings is 1. The van der Waals surface area contributed by atoms with Crippen molar-refractivity contribution in [2.24, 2.45) is 0 Å². The Bertz CT molecular complexity index is 631. The van der Waals surface area contributed by atoms with Gasteiger partial charge in [-0.05, 0) is 22.9 Å². The van der Waals surface area contributed by atoms with Crippen LogP contribution in [0.4, 0.5) is 0 Å². The molecular weight excluding hydrogens is 346 g/mol. The predicted octanol–water partition coefficient (Wildman–Crippen LogP) is 1.35. The van der Waals surface area contributed by atoms with Gasteiger partial charge in [-0.15, -0.1) is 12.4 Å². The highest BCUT2D eigenvalue weighted by molar-refractivity contribution is 9.10. The molecule has 108 valence electrons. The molecule has 0 spiro atoms. The number of nitrogens with zero attached hydrogens (tertiary/aromatic N) is 4. The van der Waals surface area contributed by atoms with Gasteiger partial charge in [0.25, 0.3) is 5.91 Å². The minimum Gasteiger partial charge on any atom is -0.336 e. The molecule has 20 heavy (non-hydrogen) atoms. The molecule has 8 heteroatoms. The van der Waals surface area contributed by atoms with Crippen molar-refractivity contribution < 1.29 is 4.79 Å². The molecular formula is C12H15BrClN5O. The highest BCUT2D eigenvalue weighted by Crippen LogP contribution is 2.15. The summed E-state index contributed by atoms with van der Waals surface area (Å²) in [6.45, 7) is 4.33. The first-order valence-electron chi connectivity index (χ1n) is 6.16. The fraction of sp³-hybridized carbons (Fsp3) is 0.417. The van der Waals surface area contributed by atoms with Gasteiger partial charge in [-0.25, -0.2) is 9.50 Å². The van der Waals surface area contributed by atoms with E-state index in [9.17, 15) is 4.79 Å². The summed E-state index contributed by atoms with van der Waals surface area (Å²) >= 11 is 3.34. The summed E-state index contributed by atoms with van der Waals surface area (Å²) < 4.78 is 2.45. The number of nitrogens with one attached hydrogen (secondary N) is 1. The molecule has 1 saturated heterocycles. The normalized spacial score (nSPS) is 18.9. The molecule has 1 fully saturated rings. The van der Waals surface area contributed by atoms with Crippen molar-refractivity contribution in [3.8, 4) is 0 Å². The smallest absolute Gasteiger partial charge is 0.259 e. The van der Waals surface area contributed by atoms with Gasteiger partial charge in [-0.3, -0.25) is 4.79 Å². The van der Waals surface area contributed by atoms with E-state index in [1.807, 2.05) is 4.90 Å². The molecule has 1 amide bonds. The van der Waals surface area contributed by atoms with Crippen molar-refractivity contribution in [2.75, 3.05) is 19.6 Å². The van der Waals surface area contributed by atoms with Gasteiger partial charge in [0.15, 0.2) is 5.65 Å². The summed E-state index contributed by atoms with van der Waals surface area (Å²) in [5.74, 6) is -0.00169. The third-order valence-corrected chi connectivity index (χ3v) is 3.62. The number of hydrogen-bond acceptors (Lipinski definition) is 4. The third-order valence-electron chi connectivity index (χ3n) is 3.21. The Balaban J connectivity index is 0.00000147. The van der Waals surface area contributed by atoms with E-state index in [0.717, 1.165) is 17.6 Å². The van der Waals surface area contributed by atoms with E-state index in [4.69, 9.17) is 0 Å². The molecule has 2 aromatic rings. The van der Waals surface area contributed by atoms with E-state index < -0.39 is 0 Å². The van der Waals surface area contributed by atoms with Crippen LogP contribution in [-0.2, 0) is 0 Å². The second kappa shape index (κ2) is 6.07. The summed E-state index contributed by atoms with van der Waals surface area (Å²) in [5.41, 5.74) is 1.15. The zero-order chi connectivity index (χ0) is 13.4. The summed E-state index contributed by atoms with van der Waals surface area (Å²) in [6, 6.07) is 0.321. The lowest BCUT2D eigenvalue weighted by molar-refractivity contribution is 0.0711. The summed E-state index contributed by atoms with van der Waals surface area (Å²) in [5, 5.41) is 7.50. The number of carbonyl (C=O) groups is 1. The number of fused-ring (bicyclic) bond motifs is 1. The second-order valence-electron chi connectivity index (χ2n) is 4.70. The highest BCUT2D eigenvalue weighted by atomic mass is 79.9. The molecule has 2 aromatic heterocycles. The zero-order valence-electron chi connectivity index (χ0n) is 10.9. The number of aromatic nitrogens is 3. The number of rotatable bonds is 1. The first kappa shape index (κ1) is 15.2. The number of amides is 1. The van der Waals surface area contributed by atoms with Crippen LogP contribution in [0, 0.1) is 0 Å². The molecule has 3 heterocycles. The summed E-state index contributed by atoms with van der Waals surface area (Å²) in [7, 11) is 0. The van der Waals surface area contributed by atoms with Crippen molar-refractivity contribution in [3.05, 3.63) is 28.6 Å². The summed E-state index contributed by atoms with van der Waals surface area (Å²) in [6.07, 6.45) is 5.05. The Morgan fingerprint density at radius 2 is 2.30 bits per heavy atom. The minimum absolute atomic E-state index is 0. The van der Waals surface area contributed by atoms with Crippen molar-refractivity contribution in [3.63, 3.8) is 0 Å². The van der Waals surface area contributed by atoms with Gasteiger partial charge in [-0.1, -0.05) is 0 Å². The van der Waals surface area contributed by atoms with Crippen LogP contribution in [0.1, 0.15) is 17.3 Å². The minimum atomic E-state index is -0.00169. The van der Waals surface area contributed by atoms with Gasteiger partial charge < -0.3 is 10.2 Å². The maximum absolute atomic E-state index is 12.5. The van der Waals surface area contributed by atoms with Crippen molar-refractivity contribution in [1.82, 2.24) is 24.8 Å². The maximum Gasteiger partial charge on any atom is 0.259 e. The second-order valence-corrected chi connectivity index (χ2v) is 5.62. The van der Waals surface area contributed by atoms with Crippen molar-refractivity contribution in [1.29, 1.82) is 0 Å². The molecule has 1 N–H and O–H groups in total. The Kier molecular flexibility index (Phi) is 4.62. The van der Waals surface area contributed by atoms with E-state index >= 15 is 0 Å². The molecule has 0 saturated carbocycles. The lowest BCUT2D eigenvalue weighted by Crippen LogP contribution is -2.51. The third kappa shape index (κ3) is 2.79. The molecule has 0 aromatic carbocycles. The standard InChI is InChI=1S/C12H14BrN5O.ClH/c1-8-6-17(3-2-14-8)12(19)10-5-16-18-7-9(13)4-15-11(10)18;/h4-5,7-8,14H,2-3,6H2,1H3;1H/t8-;/m1./s1. The molecule has 3 rings (SSSR count).